The van der Waals surface area contributed by atoms with E-state index >= 15 is 0 Å². The fourth-order valence-electron chi connectivity index (χ4n) is 4.57. The molecule has 1 heterocycles. The van der Waals surface area contributed by atoms with Gasteiger partial charge in [0, 0.05) is 18.3 Å². The molecule has 1 saturated heterocycles. The summed E-state index contributed by atoms with van der Waals surface area (Å²) in [6, 6.07) is 3.20. The molecule has 5 heteroatoms. The van der Waals surface area contributed by atoms with Crippen LogP contribution >= 0.6 is 0 Å². The van der Waals surface area contributed by atoms with Crippen molar-refractivity contribution in [1.82, 2.24) is 0 Å². The van der Waals surface area contributed by atoms with Gasteiger partial charge in [-0.1, -0.05) is 32.9 Å². The van der Waals surface area contributed by atoms with E-state index in [1.807, 2.05) is 0 Å². The van der Waals surface area contributed by atoms with Crippen LogP contribution in [0.2, 0.25) is 18.1 Å². The van der Waals surface area contributed by atoms with Gasteiger partial charge in [0.1, 0.15) is 6.10 Å². The van der Waals surface area contributed by atoms with Crippen LogP contribution in [0, 0.1) is 17.8 Å². The zero-order valence-corrected chi connectivity index (χ0v) is 16.2. The van der Waals surface area contributed by atoms with E-state index in [-0.39, 0.29) is 35.9 Å². The molecule has 0 amide bonds. The number of hydrogen-bond acceptors (Lipinski definition) is 4. The molecule has 2 fully saturated rings. The molecule has 0 spiro atoms. The lowest BCUT2D eigenvalue weighted by Crippen LogP contribution is -2.44. The molecule has 0 bridgehead atoms. The summed E-state index contributed by atoms with van der Waals surface area (Å²) < 4.78 is 12.3. The van der Waals surface area contributed by atoms with Crippen LogP contribution in [0.3, 0.4) is 0 Å². The molecule has 2 aliphatic rings. The smallest absolute Gasteiger partial charge is 0.309 e. The van der Waals surface area contributed by atoms with Crippen molar-refractivity contribution in [2.75, 3.05) is 0 Å². The first-order valence-corrected chi connectivity index (χ1v) is 11.8. The largest absolute Gasteiger partial charge is 0.462 e. The highest BCUT2D eigenvalue weighted by Gasteiger charge is 2.58. The highest BCUT2D eigenvalue weighted by molar-refractivity contribution is 6.73. The fourth-order valence-corrected chi connectivity index (χ4v) is 7.47. The molecule has 6 atom stereocenters. The Labute approximate surface area is 147 Å². The molecular weight excluding hydrogens is 320 g/mol. The van der Waals surface area contributed by atoms with Gasteiger partial charge < -0.3 is 14.3 Å². The van der Waals surface area contributed by atoms with Crippen molar-refractivity contribution in [2.24, 2.45) is 17.8 Å². The summed E-state index contributed by atoms with van der Waals surface area (Å²) >= 11 is 0. The third kappa shape index (κ3) is 3.39. The van der Waals surface area contributed by atoms with Gasteiger partial charge in [-0.15, -0.1) is 13.2 Å². The summed E-state index contributed by atoms with van der Waals surface area (Å²) in [7, 11) is -1.79. The Hall–Kier alpha value is -0.913. The molecule has 24 heavy (non-hydrogen) atoms. The third-order valence-electron chi connectivity index (χ3n) is 6.19. The SMILES string of the molecule is C=CC[C@@H]1C(=O)O[C@H]2C[C@@H](O[Si](CC)(CC)CC)[C@@H](C(O)C=C)[C@H]21. The zero-order valence-electron chi connectivity index (χ0n) is 15.2. The van der Waals surface area contributed by atoms with Gasteiger partial charge in [-0.2, -0.15) is 0 Å². The maximum atomic E-state index is 12.2. The molecule has 1 saturated carbocycles. The van der Waals surface area contributed by atoms with Crippen LogP contribution in [-0.4, -0.2) is 37.7 Å². The second-order valence-corrected chi connectivity index (χ2v) is 11.8. The lowest BCUT2D eigenvalue weighted by atomic mass is 9.79. The molecule has 0 aromatic rings. The summed E-state index contributed by atoms with van der Waals surface area (Å²) in [4.78, 5) is 12.2. The van der Waals surface area contributed by atoms with E-state index in [0.717, 1.165) is 18.1 Å². The Bertz CT molecular complexity index is 466. The Morgan fingerprint density at radius 3 is 2.46 bits per heavy atom. The Balaban J connectivity index is 2.29. The number of carbonyl (C=O) groups is 1. The number of allylic oxidation sites excluding steroid dienone is 1. The van der Waals surface area contributed by atoms with Gasteiger partial charge in [0.25, 0.3) is 0 Å². The van der Waals surface area contributed by atoms with Crippen molar-refractivity contribution >= 4 is 14.3 Å². The normalized spacial score (nSPS) is 33.8. The van der Waals surface area contributed by atoms with Crippen molar-refractivity contribution in [3.63, 3.8) is 0 Å². The minimum atomic E-state index is -1.79. The third-order valence-corrected chi connectivity index (χ3v) is 10.9. The molecule has 4 nitrogen and oxygen atoms in total. The maximum Gasteiger partial charge on any atom is 0.309 e. The number of rotatable bonds is 9. The molecule has 0 aromatic heterocycles. The van der Waals surface area contributed by atoms with Crippen LogP contribution in [0.4, 0.5) is 0 Å². The van der Waals surface area contributed by atoms with Gasteiger partial charge >= 0.3 is 5.97 Å². The first-order valence-electron chi connectivity index (χ1n) is 9.26. The molecule has 0 radical (unpaired) electrons. The number of ether oxygens (including phenoxy) is 1. The standard InChI is InChI=1S/C19H32O4Si/c1-6-11-13-17-15(22-19(13)21)12-16(18(17)14(20)7-2)23-24(8-3,9-4)10-5/h6-7,13-18,20H,1-2,8-12H2,3-5H3/t13-,14?,15-,16+,17-,18+/m0/s1. The highest BCUT2D eigenvalue weighted by atomic mass is 28.4. The number of esters is 1. The van der Waals surface area contributed by atoms with Crippen molar-refractivity contribution in [2.45, 2.75) is 70.1 Å². The van der Waals surface area contributed by atoms with E-state index in [0.29, 0.717) is 12.8 Å². The van der Waals surface area contributed by atoms with Crippen molar-refractivity contribution in [3.05, 3.63) is 25.3 Å². The Kier molecular flexibility index (Phi) is 6.45. The highest BCUT2D eigenvalue weighted by Crippen LogP contribution is 2.49. The summed E-state index contributed by atoms with van der Waals surface area (Å²) in [5, 5.41) is 10.6. The molecule has 136 valence electrons. The average Bonchev–Trinajstić information content (AvgIpc) is 3.07. The van der Waals surface area contributed by atoms with Crippen LogP contribution in [0.25, 0.3) is 0 Å². The minimum absolute atomic E-state index is 0.00855. The number of fused-ring (bicyclic) bond motifs is 1. The lowest BCUT2D eigenvalue weighted by molar-refractivity contribution is -0.145. The van der Waals surface area contributed by atoms with Crippen LogP contribution < -0.4 is 0 Å². The number of aliphatic hydroxyl groups excluding tert-OH is 1. The van der Waals surface area contributed by atoms with Gasteiger partial charge in [0.2, 0.25) is 0 Å². The number of aliphatic hydroxyl groups is 1. The van der Waals surface area contributed by atoms with E-state index in [1.54, 1.807) is 12.2 Å². The van der Waals surface area contributed by atoms with Gasteiger partial charge in [0.05, 0.1) is 18.1 Å². The van der Waals surface area contributed by atoms with Crippen molar-refractivity contribution in [1.29, 1.82) is 0 Å². The number of carbonyl (C=O) groups excluding carboxylic acids is 1. The lowest BCUT2D eigenvalue weighted by Gasteiger charge is -2.36. The van der Waals surface area contributed by atoms with Crippen LogP contribution in [-0.2, 0) is 14.0 Å². The molecule has 1 unspecified atom stereocenters. The first kappa shape index (κ1) is 19.4. The fraction of sp³-hybridized carbons (Fsp3) is 0.737. The van der Waals surface area contributed by atoms with Gasteiger partial charge in [-0.3, -0.25) is 4.79 Å². The first-order chi connectivity index (χ1) is 11.5. The van der Waals surface area contributed by atoms with Gasteiger partial charge in [-0.25, -0.2) is 0 Å². The van der Waals surface area contributed by atoms with Gasteiger partial charge in [-0.05, 0) is 24.6 Å². The average molecular weight is 353 g/mol. The summed E-state index contributed by atoms with van der Waals surface area (Å²) in [6.45, 7) is 14.1. The summed E-state index contributed by atoms with van der Waals surface area (Å²) in [6.07, 6.45) is 3.74. The monoisotopic (exact) mass is 352 g/mol. The predicted octanol–water partition coefficient (Wildman–Crippen LogP) is 3.68. The number of hydrogen-bond donors (Lipinski definition) is 1. The molecule has 1 N–H and O–H groups in total. The zero-order chi connectivity index (χ0) is 17.9. The molecule has 1 aliphatic heterocycles. The maximum absolute atomic E-state index is 12.2. The second-order valence-electron chi connectivity index (χ2n) is 7.12. The quantitative estimate of drug-likeness (QED) is 0.391. The summed E-state index contributed by atoms with van der Waals surface area (Å²) in [5.41, 5.74) is 0. The molecule has 2 rings (SSSR count). The van der Waals surface area contributed by atoms with E-state index in [4.69, 9.17) is 9.16 Å². The van der Waals surface area contributed by atoms with Crippen molar-refractivity contribution < 1.29 is 19.1 Å². The summed E-state index contributed by atoms with van der Waals surface area (Å²) in [5.74, 6) is -0.512. The minimum Gasteiger partial charge on any atom is -0.462 e. The second kappa shape index (κ2) is 7.98. The topological polar surface area (TPSA) is 55.8 Å². The molecule has 0 aromatic carbocycles. The van der Waals surface area contributed by atoms with Crippen LogP contribution in [0.1, 0.15) is 33.6 Å². The van der Waals surface area contributed by atoms with Gasteiger partial charge in [0.15, 0.2) is 8.32 Å². The molecule has 1 aliphatic carbocycles. The van der Waals surface area contributed by atoms with E-state index in [9.17, 15) is 9.90 Å². The van der Waals surface area contributed by atoms with E-state index < -0.39 is 14.4 Å². The van der Waals surface area contributed by atoms with Crippen LogP contribution in [0.15, 0.2) is 25.3 Å². The van der Waals surface area contributed by atoms with E-state index in [2.05, 4.69) is 33.9 Å². The Morgan fingerprint density at radius 1 is 1.33 bits per heavy atom. The van der Waals surface area contributed by atoms with Crippen molar-refractivity contribution in [3.8, 4) is 0 Å². The van der Waals surface area contributed by atoms with Crippen LogP contribution in [0.5, 0.6) is 0 Å². The van der Waals surface area contributed by atoms with E-state index in [1.165, 1.54) is 0 Å². The predicted molar refractivity (Wildman–Crippen MR) is 98.1 cm³/mol. The molecular formula is C19H32O4Si. The Morgan fingerprint density at radius 2 is 1.96 bits per heavy atom.